The summed E-state index contributed by atoms with van der Waals surface area (Å²) in [4.78, 5) is 25.9. The number of hydrogen-bond acceptors (Lipinski definition) is 3. The van der Waals surface area contributed by atoms with Crippen LogP contribution in [0.5, 0.6) is 5.75 Å². The van der Waals surface area contributed by atoms with Gasteiger partial charge in [0.25, 0.3) is 5.91 Å². The van der Waals surface area contributed by atoms with Gasteiger partial charge in [0, 0.05) is 29.4 Å². The van der Waals surface area contributed by atoms with E-state index in [1.807, 2.05) is 36.5 Å². The van der Waals surface area contributed by atoms with E-state index >= 15 is 0 Å². The van der Waals surface area contributed by atoms with Crippen LogP contribution in [0.1, 0.15) is 18.5 Å². The summed E-state index contributed by atoms with van der Waals surface area (Å²) in [6.45, 7) is 2.26. The Balaban J connectivity index is 1.80. The summed E-state index contributed by atoms with van der Waals surface area (Å²) in [6.07, 6.45) is 0. The predicted octanol–water partition coefficient (Wildman–Crippen LogP) is 2.07. The first-order valence-corrected chi connectivity index (χ1v) is 9.03. The number of quaternary nitrogens is 1. The van der Waals surface area contributed by atoms with Crippen LogP contribution in [-0.2, 0) is 9.59 Å². The standard InChI is InChI=1S/C20H24ClN3O3/c1-14(15-7-9-16(21)10-8-15)22-12-20(26)24(2)13-19(25)23-17-5-4-6-18(11-17)27-3/h4-11,14,22H,12-13H2,1-3H3,(H,23,25)/p+1/t14-/m0/s1. The number of rotatable bonds is 8. The van der Waals surface area contributed by atoms with E-state index in [2.05, 4.69) is 5.32 Å². The lowest BCUT2D eigenvalue weighted by Gasteiger charge is -2.18. The molecule has 2 rings (SSSR count). The lowest BCUT2D eigenvalue weighted by molar-refractivity contribution is -0.683. The van der Waals surface area contributed by atoms with Gasteiger partial charge in [-0.05, 0) is 31.2 Å². The van der Waals surface area contributed by atoms with E-state index in [0.717, 1.165) is 5.56 Å². The maximum atomic E-state index is 12.3. The summed E-state index contributed by atoms with van der Waals surface area (Å²) in [7, 11) is 3.18. The van der Waals surface area contributed by atoms with Crippen LogP contribution in [0.2, 0.25) is 5.02 Å². The van der Waals surface area contributed by atoms with E-state index in [-0.39, 0.29) is 30.9 Å². The molecule has 2 aromatic rings. The van der Waals surface area contributed by atoms with Gasteiger partial charge in [0.2, 0.25) is 5.91 Å². The SMILES string of the molecule is COc1cccc(NC(=O)CN(C)C(=O)C[NH2+][C@@H](C)c2ccc(Cl)cc2)c1. The third kappa shape index (κ3) is 6.58. The topological polar surface area (TPSA) is 75.2 Å². The van der Waals surface area contributed by atoms with E-state index in [1.54, 1.807) is 38.4 Å². The fourth-order valence-electron chi connectivity index (χ4n) is 2.54. The summed E-state index contributed by atoms with van der Waals surface area (Å²) in [6, 6.07) is 14.7. The number of carbonyl (C=O) groups excluding carboxylic acids is 2. The van der Waals surface area contributed by atoms with Crippen LogP contribution < -0.4 is 15.4 Å². The van der Waals surface area contributed by atoms with Gasteiger partial charge < -0.3 is 20.3 Å². The van der Waals surface area contributed by atoms with Crippen LogP contribution in [0.4, 0.5) is 5.69 Å². The molecule has 0 saturated heterocycles. The molecule has 3 N–H and O–H groups in total. The van der Waals surface area contributed by atoms with Crippen LogP contribution in [0.25, 0.3) is 0 Å². The molecule has 0 saturated carbocycles. The zero-order valence-corrected chi connectivity index (χ0v) is 16.5. The number of benzene rings is 2. The van der Waals surface area contributed by atoms with Gasteiger partial charge in [-0.15, -0.1) is 0 Å². The summed E-state index contributed by atoms with van der Waals surface area (Å²) < 4.78 is 5.13. The minimum absolute atomic E-state index is 0.0147. The molecule has 6 nitrogen and oxygen atoms in total. The van der Waals surface area contributed by atoms with Crippen molar-refractivity contribution in [3.05, 3.63) is 59.1 Å². The first-order valence-electron chi connectivity index (χ1n) is 8.65. The summed E-state index contributed by atoms with van der Waals surface area (Å²) >= 11 is 5.89. The molecule has 0 aliphatic carbocycles. The van der Waals surface area contributed by atoms with Gasteiger partial charge in [0.15, 0.2) is 6.54 Å². The molecule has 2 amide bonds. The van der Waals surface area contributed by atoms with Crippen molar-refractivity contribution in [2.45, 2.75) is 13.0 Å². The zero-order valence-electron chi connectivity index (χ0n) is 15.7. The molecule has 0 fully saturated rings. The molecule has 0 aliphatic heterocycles. The number of methoxy groups -OCH3 is 1. The van der Waals surface area contributed by atoms with Crippen molar-refractivity contribution < 1.29 is 19.6 Å². The normalized spacial score (nSPS) is 11.6. The Hall–Kier alpha value is -2.57. The maximum Gasteiger partial charge on any atom is 0.277 e. The number of nitrogens with two attached hydrogens (primary N) is 1. The molecule has 144 valence electrons. The number of likely N-dealkylation sites (N-methyl/N-ethyl adjacent to an activating group) is 1. The first-order chi connectivity index (χ1) is 12.9. The molecule has 1 atom stereocenters. The number of carbonyl (C=O) groups is 2. The second-order valence-corrected chi connectivity index (χ2v) is 6.75. The number of nitrogens with one attached hydrogen (secondary N) is 1. The van der Waals surface area contributed by atoms with Crippen LogP contribution in [0.3, 0.4) is 0 Å². The van der Waals surface area contributed by atoms with Gasteiger partial charge in [-0.1, -0.05) is 29.8 Å². The van der Waals surface area contributed by atoms with Gasteiger partial charge in [-0.25, -0.2) is 0 Å². The summed E-state index contributed by atoms with van der Waals surface area (Å²) in [5.74, 6) is 0.282. The Labute approximate surface area is 164 Å². The monoisotopic (exact) mass is 390 g/mol. The molecule has 2 aromatic carbocycles. The van der Waals surface area contributed by atoms with Gasteiger partial charge in [-0.3, -0.25) is 9.59 Å². The van der Waals surface area contributed by atoms with Crippen molar-refractivity contribution in [2.24, 2.45) is 0 Å². The van der Waals surface area contributed by atoms with E-state index in [0.29, 0.717) is 16.5 Å². The first kappa shape index (κ1) is 20.7. The maximum absolute atomic E-state index is 12.3. The third-order valence-corrected chi connectivity index (χ3v) is 4.45. The van der Waals surface area contributed by atoms with Crippen molar-refractivity contribution in [3.8, 4) is 5.75 Å². The molecule has 27 heavy (non-hydrogen) atoms. The minimum atomic E-state index is -0.259. The van der Waals surface area contributed by atoms with Crippen LogP contribution >= 0.6 is 11.6 Å². The van der Waals surface area contributed by atoms with Crippen molar-refractivity contribution in [3.63, 3.8) is 0 Å². The van der Waals surface area contributed by atoms with Gasteiger partial charge in [-0.2, -0.15) is 0 Å². The number of hydrogen-bond donors (Lipinski definition) is 2. The lowest BCUT2D eigenvalue weighted by atomic mass is 10.1. The van der Waals surface area contributed by atoms with Gasteiger partial charge >= 0.3 is 0 Å². The Bertz CT molecular complexity index is 780. The molecule has 0 aromatic heterocycles. The molecule has 0 bridgehead atoms. The Morgan fingerprint density at radius 2 is 1.93 bits per heavy atom. The van der Waals surface area contributed by atoms with Gasteiger partial charge in [0.1, 0.15) is 11.8 Å². The minimum Gasteiger partial charge on any atom is -0.497 e. The quantitative estimate of drug-likeness (QED) is 0.724. The van der Waals surface area contributed by atoms with E-state index in [9.17, 15) is 9.59 Å². The smallest absolute Gasteiger partial charge is 0.277 e. The van der Waals surface area contributed by atoms with Crippen molar-refractivity contribution >= 4 is 29.1 Å². The second kappa shape index (κ2) is 9.94. The van der Waals surface area contributed by atoms with E-state index in [4.69, 9.17) is 16.3 Å². The fourth-order valence-corrected chi connectivity index (χ4v) is 2.67. The van der Waals surface area contributed by atoms with Crippen molar-refractivity contribution in [1.29, 1.82) is 0 Å². The third-order valence-electron chi connectivity index (χ3n) is 4.20. The highest BCUT2D eigenvalue weighted by Gasteiger charge is 2.17. The van der Waals surface area contributed by atoms with Crippen molar-refractivity contribution in [2.75, 3.05) is 32.6 Å². The number of anilines is 1. The average molecular weight is 391 g/mol. The Morgan fingerprint density at radius 1 is 1.22 bits per heavy atom. The molecule has 0 spiro atoms. The average Bonchev–Trinajstić information content (AvgIpc) is 2.66. The molecule has 0 unspecified atom stereocenters. The Kier molecular flexibility index (Phi) is 7.64. The second-order valence-electron chi connectivity index (χ2n) is 6.31. The molecule has 0 radical (unpaired) electrons. The Morgan fingerprint density at radius 3 is 2.59 bits per heavy atom. The molecule has 7 heteroatoms. The molecule has 0 aliphatic rings. The highest BCUT2D eigenvalue weighted by atomic mass is 35.5. The van der Waals surface area contributed by atoms with Crippen LogP contribution in [-0.4, -0.2) is 44.0 Å². The molecular weight excluding hydrogens is 366 g/mol. The number of nitrogens with zero attached hydrogens (tertiary/aromatic N) is 1. The van der Waals surface area contributed by atoms with Crippen LogP contribution in [0.15, 0.2) is 48.5 Å². The lowest BCUT2D eigenvalue weighted by Crippen LogP contribution is -2.87. The zero-order chi connectivity index (χ0) is 19.8. The van der Waals surface area contributed by atoms with Gasteiger partial charge in [0.05, 0.1) is 13.7 Å². The summed E-state index contributed by atoms with van der Waals surface area (Å²) in [5, 5.41) is 5.38. The van der Waals surface area contributed by atoms with E-state index in [1.165, 1.54) is 4.90 Å². The highest BCUT2D eigenvalue weighted by molar-refractivity contribution is 6.30. The molecule has 0 heterocycles. The fraction of sp³-hybridized carbons (Fsp3) is 0.300. The number of halogens is 1. The molecular formula is C20H25ClN3O3+. The summed E-state index contributed by atoms with van der Waals surface area (Å²) in [5.41, 5.74) is 1.72. The largest absolute Gasteiger partial charge is 0.497 e. The highest BCUT2D eigenvalue weighted by Crippen LogP contribution is 2.16. The predicted molar refractivity (Wildman–Crippen MR) is 106 cm³/mol. The number of ether oxygens (including phenoxy) is 1. The van der Waals surface area contributed by atoms with Crippen molar-refractivity contribution in [1.82, 2.24) is 4.90 Å². The van der Waals surface area contributed by atoms with Crippen LogP contribution in [0, 0.1) is 0 Å². The number of amides is 2. The van der Waals surface area contributed by atoms with E-state index < -0.39 is 0 Å².